The molecule has 0 spiro atoms. The van der Waals surface area contributed by atoms with Gasteiger partial charge in [-0.3, -0.25) is 28.8 Å². The van der Waals surface area contributed by atoms with E-state index in [1.165, 1.54) is 24.3 Å². The molecule has 73 heavy (non-hydrogen) atoms. The molecule has 356 valence electrons. The average molecular weight is 963 g/mol. The highest BCUT2D eigenvalue weighted by molar-refractivity contribution is 6.28. The van der Waals surface area contributed by atoms with Crippen molar-refractivity contribution in [3.63, 3.8) is 0 Å². The largest absolute Gasteiger partial charge is 0.457 e. The minimum atomic E-state index is -0.393. The SMILES string of the molecule is CC(C)(c1ccc(Oc2ccc(C(=O)c3ccc(Oc4ccc(N5C(=O)C=CC5=O)cc4)cc3)cc2)cc1)c1ccc(Oc2ccc(C(=O)c3ccc(Oc4ccc(N5C(=O)C=CC5=O)cc4)cc3)cc2)cc1. The Kier molecular flexibility index (Phi) is 12.7. The summed E-state index contributed by atoms with van der Waals surface area (Å²) in [5.74, 6) is 2.64. The molecule has 0 unspecified atom stereocenters. The molecule has 0 aromatic heterocycles. The molecule has 4 amide bonds. The Labute approximate surface area is 419 Å². The molecule has 0 bridgehead atoms. The molecule has 0 saturated heterocycles. The van der Waals surface area contributed by atoms with Crippen LogP contribution in [0.1, 0.15) is 56.8 Å². The van der Waals surface area contributed by atoms with E-state index in [0.29, 0.717) is 79.6 Å². The number of ether oxygens (including phenoxy) is 4. The summed E-state index contributed by atoms with van der Waals surface area (Å²) in [5, 5.41) is 0. The van der Waals surface area contributed by atoms with E-state index in [2.05, 4.69) is 13.8 Å². The van der Waals surface area contributed by atoms with Crippen molar-refractivity contribution >= 4 is 46.6 Å². The van der Waals surface area contributed by atoms with Gasteiger partial charge in [0.1, 0.15) is 46.0 Å². The fourth-order valence-corrected chi connectivity index (χ4v) is 8.26. The number of carbonyl (C=O) groups is 6. The summed E-state index contributed by atoms with van der Waals surface area (Å²) in [4.78, 5) is 76.7. The van der Waals surface area contributed by atoms with E-state index in [0.717, 1.165) is 20.9 Å². The van der Waals surface area contributed by atoms with Crippen molar-refractivity contribution in [1.82, 2.24) is 0 Å². The Bertz CT molecular complexity index is 3200. The first-order valence-electron chi connectivity index (χ1n) is 23.1. The number of hydrogen-bond donors (Lipinski definition) is 0. The molecule has 0 radical (unpaired) electrons. The summed E-state index contributed by atoms with van der Waals surface area (Å²) in [7, 11) is 0. The van der Waals surface area contributed by atoms with Crippen molar-refractivity contribution < 1.29 is 47.7 Å². The number of ketones is 2. The fourth-order valence-electron chi connectivity index (χ4n) is 8.26. The van der Waals surface area contributed by atoms with Crippen molar-refractivity contribution in [3.05, 3.63) is 252 Å². The lowest BCUT2D eigenvalue weighted by Gasteiger charge is -2.26. The highest BCUT2D eigenvalue weighted by atomic mass is 16.5. The topological polar surface area (TPSA) is 146 Å². The molecule has 0 atom stereocenters. The first kappa shape index (κ1) is 46.8. The molecule has 0 fully saturated rings. The summed E-state index contributed by atoms with van der Waals surface area (Å²) in [5.41, 5.74) is 4.69. The van der Waals surface area contributed by atoms with Crippen LogP contribution in [-0.4, -0.2) is 35.2 Å². The van der Waals surface area contributed by atoms with Gasteiger partial charge in [-0.2, -0.15) is 0 Å². The number of amides is 4. The van der Waals surface area contributed by atoms with Crippen LogP contribution in [0.5, 0.6) is 46.0 Å². The minimum Gasteiger partial charge on any atom is -0.457 e. The van der Waals surface area contributed by atoms with E-state index >= 15 is 0 Å². The number of carbonyl (C=O) groups excluding carboxylic acids is 6. The maximum absolute atomic E-state index is 13.3. The molecule has 8 aromatic carbocycles. The Morgan fingerprint density at radius 3 is 0.712 bits per heavy atom. The molecule has 2 heterocycles. The molecular formula is C61H42N2O10. The Morgan fingerprint density at radius 1 is 0.301 bits per heavy atom. The summed E-state index contributed by atoms with van der Waals surface area (Å²) in [6.45, 7) is 4.30. The zero-order valence-electron chi connectivity index (χ0n) is 39.3. The molecule has 8 aromatic rings. The lowest BCUT2D eigenvalue weighted by Crippen LogP contribution is -2.29. The van der Waals surface area contributed by atoms with Gasteiger partial charge in [-0.15, -0.1) is 0 Å². The second-order valence-corrected chi connectivity index (χ2v) is 17.5. The molecule has 0 N–H and O–H groups in total. The summed E-state index contributed by atoms with van der Waals surface area (Å²) >= 11 is 0. The maximum Gasteiger partial charge on any atom is 0.258 e. The predicted octanol–water partition coefficient (Wildman–Crippen LogP) is 12.5. The molecule has 10 rings (SSSR count). The van der Waals surface area contributed by atoms with Crippen LogP contribution < -0.4 is 28.7 Å². The maximum atomic E-state index is 13.3. The van der Waals surface area contributed by atoms with Gasteiger partial charge in [0.05, 0.1) is 11.4 Å². The highest BCUT2D eigenvalue weighted by Crippen LogP contribution is 2.36. The Balaban J connectivity index is 0.689. The molecule has 2 aliphatic heterocycles. The first-order chi connectivity index (χ1) is 35.3. The smallest absolute Gasteiger partial charge is 0.258 e. The van der Waals surface area contributed by atoms with Crippen molar-refractivity contribution in [2.45, 2.75) is 19.3 Å². The van der Waals surface area contributed by atoms with Crippen LogP contribution in [-0.2, 0) is 24.6 Å². The van der Waals surface area contributed by atoms with Gasteiger partial charge in [0, 0.05) is 52.0 Å². The van der Waals surface area contributed by atoms with Crippen LogP contribution in [0.25, 0.3) is 0 Å². The molecule has 2 aliphatic rings. The van der Waals surface area contributed by atoms with Gasteiger partial charge >= 0.3 is 0 Å². The van der Waals surface area contributed by atoms with Crippen molar-refractivity contribution in [2.24, 2.45) is 0 Å². The zero-order chi connectivity index (χ0) is 50.6. The van der Waals surface area contributed by atoms with Crippen LogP contribution in [0, 0.1) is 0 Å². The second-order valence-electron chi connectivity index (χ2n) is 17.5. The first-order valence-corrected chi connectivity index (χ1v) is 23.1. The molecule has 0 saturated carbocycles. The Morgan fingerprint density at radius 2 is 0.493 bits per heavy atom. The van der Waals surface area contributed by atoms with E-state index in [1.807, 2.05) is 48.5 Å². The summed E-state index contributed by atoms with van der Waals surface area (Å²) in [6.07, 6.45) is 4.93. The van der Waals surface area contributed by atoms with Crippen molar-refractivity contribution in [1.29, 1.82) is 0 Å². The summed E-state index contributed by atoms with van der Waals surface area (Å²) < 4.78 is 24.1. The Hall–Kier alpha value is -9.94. The standard InChI is InChI=1S/C61H42N2O10/c1-61(2,43-11-27-51(28-12-43)70-47-19-3-39(4-20-47)59(68)41-7-23-49(24-8-41)72-53-31-15-45(16-32-53)62-55(64)35-36-56(62)65)44-13-29-52(30-14-44)71-48-21-5-40(6-22-48)60(69)42-9-25-50(26-10-42)73-54-33-17-46(18-34-54)63-57(66)37-38-58(63)67/h3-38H,1-2H3. The quantitative estimate of drug-likeness (QED) is 0.0677. The lowest BCUT2D eigenvalue weighted by molar-refractivity contribution is -0.121. The minimum absolute atomic E-state index is 0.155. The number of nitrogens with zero attached hydrogens (tertiary/aromatic N) is 2. The lowest BCUT2D eigenvalue weighted by atomic mass is 9.78. The van der Waals surface area contributed by atoms with Gasteiger partial charge in [0.15, 0.2) is 11.6 Å². The zero-order valence-corrected chi connectivity index (χ0v) is 39.3. The van der Waals surface area contributed by atoms with Crippen LogP contribution >= 0.6 is 0 Å². The highest BCUT2D eigenvalue weighted by Gasteiger charge is 2.27. The van der Waals surface area contributed by atoms with E-state index < -0.39 is 23.6 Å². The third kappa shape index (κ3) is 10.2. The number of hydrogen-bond acceptors (Lipinski definition) is 10. The van der Waals surface area contributed by atoms with Gasteiger partial charge in [0.2, 0.25) is 0 Å². The molecule has 0 aliphatic carbocycles. The van der Waals surface area contributed by atoms with E-state index in [9.17, 15) is 28.8 Å². The molecular weight excluding hydrogens is 921 g/mol. The molecule has 12 nitrogen and oxygen atoms in total. The van der Waals surface area contributed by atoms with Gasteiger partial charge in [-0.1, -0.05) is 38.1 Å². The van der Waals surface area contributed by atoms with Crippen molar-refractivity contribution in [2.75, 3.05) is 9.80 Å². The predicted molar refractivity (Wildman–Crippen MR) is 274 cm³/mol. The average Bonchev–Trinajstić information content (AvgIpc) is 3.94. The van der Waals surface area contributed by atoms with Crippen LogP contribution in [0.4, 0.5) is 11.4 Å². The number of imide groups is 2. The number of anilines is 2. The fraction of sp³-hybridized carbons (Fsp3) is 0.0492. The molecule has 12 heteroatoms. The third-order valence-corrected chi connectivity index (χ3v) is 12.4. The summed E-state index contributed by atoms with van der Waals surface area (Å²) in [6, 6.07) is 56.5. The van der Waals surface area contributed by atoms with Gasteiger partial charge in [-0.25, -0.2) is 9.80 Å². The second kappa shape index (κ2) is 19.8. The van der Waals surface area contributed by atoms with E-state index in [1.54, 1.807) is 146 Å². The monoisotopic (exact) mass is 962 g/mol. The van der Waals surface area contributed by atoms with Crippen LogP contribution in [0.2, 0.25) is 0 Å². The van der Waals surface area contributed by atoms with E-state index in [-0.39, 0.29) is 17.0 Å². The normalized spacial score (nSPS) is 13.1. The van der Waals surface area contributed by atoms with Crippen LogP contribution in [0.15, 0.2) is 218 Å². The van der Waals surface area contributed by atoms with Gasteiger partial charge < -0.3 is 18.9 Å². The number of benzene rings is 8. The van der Waals surface area contributed by atoms with Crippen LogP contribution in [0.3, 0.4) is 0 Å². The van der Waals surface area contributed by atoms with Gasteiger partial charge in [-0.05, 0) is 181 Å². The van der Waals surface area contributed by atoms with Gasteiger partial charge in [0.25, 0.3) is 23.6 Å². The van der Waals surface area contributed by atoms with Crippen molar-refractivity contribution in [3.8, 4) is 46.0 Å². The van der Waals surface area contributed by atoms with E-state index in [4.69, 9.17) is 18.9 Å². The third-order valence-electron chi connectivity index (χ3n) is 12.4. The number of rotatable bonds is 16.